The fourth-order valence-corrected chi connectivity index (χ4v) is 2.56. The smallest absolute Gasteiger partial charge is 0.254 e. The van der Waals surface area contributed by atoms with E-state index >= 15 is 0 Å². The Hall–Kier alpha value is -2.14. The van der Waals surface area contributed by atoms with Crippen LogP contribution >= 0.6 is 0 Å². The second-order valence-electron chi connectivity index (χ2n) is 5.29. The maximum absolute atomic E-state index is 12.4. The van der Waals surface area contributed by atoms with Crippen LogP contribution in [0.5, 0.6) is 0 Å². The van der Waals surface area contributed by atoms with E-state index in [9.17, 15) is 9.59 Å². The van der Waals surface area contributed by atoms with Gasteiger partial charge in [0.2, 0.25) is 5.91 Å². The molecular weight excluding hydrogens is 266 g/mol. The highest BCUT2D eigenvalue weighted by atomic mass is 16.2. The van der Waals surface area contributed by atoms with Crippen molar-refractivity contribution in [2.75, 3.05) is 0 Å². The van der Waals surface area contributed by atoms with E-state index in [2.05, 4.69) is 11.9 Å². The van der Waals surface area contributed by atoms with Crippen molar-refractivity contribution in [1.82, 2.24) is 10.2 Å². The van der Waals surface area contributed by atoms with E-state index in [0.29, 0.717) is 25.9 Å². The second kappa shape index (κ2) is 6.54. The second-order valence-corrected chi connectivity index (χ2v) is 5.29. The number of nitrogens with zero attached hydrogens (tertiary/aromatic N) is 1. The Bertz CT molecular complexity index is 569. The molecule has 2 amide bonds. The summed E-state index contributed by atoms with van der Waals surface area (Å²) in [5.74, 6) is -0.0448. The molecule has 0 radical (unpaired) electrons. The van der Waals surface area contributed by atoms with Gasteiger partial charge in [0, 0.05) is 31.1 Å². The van der Waals surface area contributed by atoms with E-state index in [1.807, 2.05) is 30.0 Å². The number of carbonyl (C=O) groups excluding carboxylic acids is 2. The zero-order chi connectivity index (χ0) is 15.4. The van der Waals surface area contributed by atoms with E-state index in [1.165, 1.54) is 6.20 Å². The number of nitrogens with one attached hydrogen (secondary N) is 1. The van der Waals surface area contributed by atoms with Crippen LogP contribution in [0.25, 0.3) is 0 Å². The molecule has 1 aromatic carbocycles. The summed E-state index contributed by atoms with van der Waals surface area (Å²) in [6, 6.07) is 5.74. The average molecular weight is 287 g/mol. The summed E-state index contributed by atoms with van der Waals surface area (Å²) in [4.78, 5) is 25.6. The molecule has 1 aromatic rings. The Morgan fingerprint density at radius 3 is 3.00 bits per heavy atom. The third-order valence-electron chi connectivity index (χ3n) is 3.82. The van der Waals surface area contributed by atoms with E-state index < -0.39 is 0 Å². The molecule has 2 rings (SSSR count). The molecule has 0 fully saturated rings. The van der Waals surface area contributed by atoms with Gasteiger partial charge >= 0.3 is 0 Å². The SMILES string of the molecule is C=CNC(=O)CCC(C)N1Cc2cc(CN)ccc2C1=O. The Labute approximate surface area is 124 Å². The number of benzene rings is 1. The zero-order valence-corrected chi connectivity index (χ0v) is 12.3. The van der Waals surface area contributed by atoms with Gasteiger partial charge in [-0.05, 0) is 36.7 Å². The molecule has 1 heterocycles. The van der Waals surface area contributed by atoms with Crippen molar-refractivity contribution in [3.05, 3.63) is 47.7 Å². The van der Waals surface area contributed by atoms with Gasteiger partial charge in [-0.1, -0.05) is 18.7 Å². The molecule has 5 nitrogen and oxygen atoms in total. The Balaban J connectivity index is 2.01. The number of rotatable bonds is 6. The number of amides is 2. The maximum Gasteiger partial charge on any atom is 0.254 e. The minimum absolute atomic E-state index is 0.0155. The highest BCUT2D eigenvalue weighted by molar-refractivity contribution is 5.98. The molecule has 112 valence electrons. The molecule has 1 unspecified atom stereocenters. The number of hydrogen-bond donors (Lipinski definition) is 2. The number of carbonyl (C=O) groups is 2. The minimum Gasteiger partial charge on any atom is -0.333 e. The standard InChI is InChI=1S/C16H21N3O2/c1-3-18-15(20)7-4-11(2)19-10-13-8-12(9-17)5-6-14(13)16(19)21/h3,5-6,8,11H,1,4,7,9-10,17H2,2H3,(H,18,20). The third-order valence-corrected chi connectivity index (χ3v) is 3.82. The summed E-state index contributed by atoms with van der Waals surface area (Å²) in [6.07, 6.45) is 2.38. The van der Waals surface area contributed by atoms with E-state index in [0.717, 1.165) is 16.7 Å². The molecule has 21 heavy (non-hydrogen) atoms. The van der Waals surface area contributed by atoms with Crippen molar-refractivity contribution in [2.24, 2.45) is 5.73 Å². The first-order valence-corrected chi connectivity index (χ1v) is 7.10. The minimum atomic E-state index is -0.0774. The van der Waals surface area contributed by atoms with Crippen LogP contribution in [0.15, 0.2) is 31.0 Å². The summed E-state index contributed by atoms with van der Waals surface area (Å²) in [5.41, 5.74) is 8.42. The van der Waals surface area contributed by atoms with Crippen molar-refractivity contribution in [3.63, 3.8) is 0 Å². The van der Waals surface area contributed by atoms with Crippen LogP contribution in [0, 0.1) is 0 Å². The van der Waals surface area contributed by atoms with Crippen LogP contribution in [-0.2, 0) is 17.9 Å². The van der Waals surface area contributed by atoms with Crippen LogP contribution in [0.4, 0.5) is 0 Å². The predicted molar refractivity (Wildman–Crippen MR) is 81.2 cm³/mol. The molecule has 1 aliphatic heterocycles. The monoisotopic (exact) mass is 287 g/mol. The van der Waals surface area contributed by atoms with Gasteiger partial charge in [-0.25, -0.2) is 0 Å². The van der Waals surface area contributed by atoms with E-state index in [4.69, 9.17) is 5.73 Å². The fraction of sp³-hybridized carbons (Fsp3) is 0.375. The first-order valence-electron chi connectivity index (χ1n) is 7.10. The lowest BCUT2D eigenvalue weighted by molar-refractivity contribution is -0.120. The van der Waals surface area contributed by atoms with Crippen molar-refractivity contribution in [3.8, 4) is 0 Å². The summed E-state index contributed by atoms with van der Waals surface area (Å²) >= 11 is 0. The lowest BCUT2D eigenvalue weighted by atomic mass is 10.1. The highest BCUT2D eigenvalue weighted by Gasteiger charge is 2.30. The van der Waals surface area contributed by atoms with Crippen LogP contribution in [0.3, 0.4) is 0 Å². The average Bonchev–Trinajstić information content (AvgIpc) is 2.81. The summed E-state index contributed by atoms with van der Waals surface area (Å²) in [5, 5.41) is 2.54. The molecule has 5 heteroatoms. The maximum atomic E-state index is 12.4. The first kappa shape index (κ1) is 15.3. The largest absolute Gasteiger partial charge is 0.333 e. The third kappa shape index (κ3) is 3.31. The molecule has 1 atom stereocenters. The van der Waals surface area contributed by atoms with Gasteiger partial charge in [-0.15, -0.1) is 0 Å². The highest BCUT2D eigenvalue weighted by Crippen LogP contribution is 2.26. The molecule has 0 spiro atoms. The Kier molecular flexibility index (Phi) is 4.75. The molecule has 0 bridgehead atoms. The fourth-order valence-electron chi connectivity index (χ4n) is 2.56. The molecular formula is C16H21N3O2. The quantitative estimate of drug-likeness (QED) is 0.833. The summed E-state index contributed by atoms with van der Waals surface area (Å²) < 4.78 is 0. The van der Waals surface area contributed by atoms with Gasteiger partial charge in [-0.2, -0.15) is 0 Å². The van der Waals surface area contributed by atoms with Crippen molar-refractivity contribution in [1.29, 1.82) is 0 Å². The van der Waals surface area contributed by atoms with Crippen LogP contribution in [0.1, 0.15) is 41.3 Å². The van der Waals surface area contributed by atoms with Crippen molar-refractivity contribution < 1.29 is 9.59 Å². The lowest BCUT2D eigenvalue weighted by Crippen LogP contribution is -2.34. The van der Waals surface area contributed by atoms with Gasteiger partial charge in [0.05, 0.1) is 0 Å². The summed E-state index contributed by atoms with van der Waals surface area (Å²) in [7, 11) is 0. The van der Waals surface area contributed by atoms with Crippen LogP contribution < -0.4 is 11.1 Å². The zero-order valence-electron chi connectivity index (χ0n) is 12.3. The molecule has 1 aliphatic rings. The van der Waals surface area contributed by atoms with E-state index in [1.54, 1.807) is 0 Å². The van der Waals surface area contributed by atoms with E-state index in [-0.39, 0.29) is 17.9 Å². The lowest BCUT2D eigenvalue weighted by Gasteiger charge is -2.24. The molecule has 0 aromatic heterocycles. The normalized spacial score (nSPS) is 14.8. The van der Waals surface area contributed by atoms with Gasteiger partial charge in [0.1, 0.15) is 0 Å². The molecule has 0 aliphatic carbocycles. The van der Waals surface area contributed by atoms with Gasteiger partial charge < -0.3 is 16.0 Å². The molecule has 0 saturated heterocycles. The Morgan fingerprint density at radius 2 is 2.33 bits per heavy atom. The number of hydrogen-bond acceptors (Lipinski definition) is 3. The number of fused-ring (bicyclic) bond motifs is 1. The van der Waals surface area contributed by atoms with Crippen molar-refractivity contribution in [2.45, 2.75) is 38.9 Å². The van der Waals surface area contributed by atoms with Gasteiger partial charge in [0.15, 0.2) is 0 Å². The van der Waals surface area contributed by atoms with Crippen molar-refractivity contribution >= 4 is 11.8 Å². The topological polar surface area (TPSA) is 75.4 Å². The van der Waals surface area contributed by atoms with Crippen LogP contribution in [-0.4, -0.2) is 22.8 Å². The number of nitrogens with two attached hydrogens (primary N) is 1. The Morgan fingerprint density at radius 1 is 1.57 bits per heavy atom. The first-order chi connectivity index (χ1) is 10.1. The van der Waals surface area contributed by atoms with Gasteiger partial charge in [0.25, 0.3) is 5.91 Å². The predicted octanol–water partition coefficient (Wildman–Crippen LogP) is 1.53. The van der Waals surface area contributed by atoms with Gasteiger partial charge in [-0.3, -0.25) is 9.59 Å². The molecule has 0 saturated carbocycles. The van der Waals surface area contributed by atoms with Crippen LogP contribution in [0.2, 0.25) is 0 Å². The molecule has 3 N–H and O–H groups in total. The summed E-state index contributed by atoms with van der Waals surface area (Å²) in [6.45, 7) is 6.48.